The highest BCUT2D eigenvalue weighted by Crippen LogP contribution is 2.31. The van der Waals surface area contributed by atoms with Crippen molar-refractivity contribution in [2.24, 2.45) is 0 Å². The molecule has 0 aliphatic carbocycles. The fourth-order valence-electron chi connectivity index (χ4n) is 3.33. The van der Waals surface area contributed by atoms with Crippen molar-refractivity contribution in [3.8, 4) is 11.3 Å². The number of rotatable bonds is 4. The van der Waals surface area contributed by atoms with Gasteiger partial charge < -0.3 is 0 Å². The van der Waals surface area contributed by atoms with Gasteiger partial charge >= 0.3 is 0 Å². The summed E-state index contributed by atoms with van der Waals surface area (Å²) in [5.41, 5.74) is 3.40. The zero-order valence-electron chi connectivity index (χ0n) is 15.1. The molecule has 1 N–H and O–H groups in total. The second-order valence-electron chi connectivity index (χ2n) is 6.72. The summed E-state index contributed by atoms with van der Waals surface area (Å²) in [5.74, 6) is 1.79. The highest BCUT2D eigenvalue weighted by Gasteiger charge is 2.20. The Morgan fingerprint density at radius 1 is 1.11 bits per heavy atom. The van der Waals surface area contributed by atoms with Gasteiger partial charge in [0, 0.05) is 43.8 Å². The molecule has 1 saturated heterocycles. The number of hydrogen-bond donors (Lipinski definition) is 1. The number of aromatic nitrogens is 1. The van der Waals surface area contributed by atoms with Crippen LogP contribution in [0.3, 0.4) is 0 Å². The Balaban J connectivity index is 1.43. The molecule has 0 unspecified atom stereocenters. The maximum atomic E-state index is 12.5. The largest absolute Gasteiger partial charge is 0.298 e. The summed E-state index contributed by atoms with van der Waals surface area (Å²) < 4.78 is 11.5. The third kappa shape index (κ3) is 4.35. The Morgan fingerprint density at radius 2 is 1.82 bits per heavy atom. The summed E-state index contributed by atoms with van der Waals surface area (Å²) >= 11 is 7.59. The van der Waals surface area contributed by atoms with E-state index >= 15 is 0 Å². The van der Waals surface area contributed by atoms with Crippen LogP contribution in [0.5, 0.6) is 0 Å². The molecule has 1 aliphatic rings. The Hall–Kier alpha value is -2.02. The van der Waals surface area contributed by atoms with Gasteiger partial charge in [0.25, 0.3) is 5.91 Å². The molecule has 1 fully saturated rings. The second-order valence-corrected chi connectivity index (χ2v) is 9.68. The number of halogens is 1. The predicted octanol–water partition coefficient (Wildman–Crippen LogP) is 5.34. The van der Waals surface area contributed by atoms with Crippen molar-refractivity contribution in [3.05, 3.63) is 70.1 Å². The van der Waals surface area contributed by atoms with E-state index in [1.54, 1.807) is 0 Å². The molecule has 4 rings (SSSR count). The van der Waals surface area contributed by atoms with Gasteiger partial charge in [0.05, 0.1) is 5.69 Å². The molecule has 2 heterocycles. The standard InChI is InChI=1S/C21H19ClN2O2S2/c22-18-4-2-1-3-17(18)19-13-27-21(23-19)24-20(25)16-7-5-14(6-8-16)15-9-11-28(26)12-10-15/h1-8,13,15H,9-12H2,(H,23,24,25). The van der Waals surface area contributed by atoms with Crippen molar-refractivity contribution in [1.82, 2.24) is 4.98 Å². The lowest BCUT2D eigenvalue weighted by Gasteiger charge is -2.21. The number of anilines is 1. The third-order valence-electron chi connectivity index (χ3n) is 4.91. The van der Waals surface area contributed by atoms with E-state index in [4.69, 9.17) is 11.6 Å². The van der Waals surface area contributed by atoms with Crippen LogP contribution in [0.15, 0.2) is 53.9 Å². The van der Waals surface area contributed by atoms with Crippen LogP contribution in [-0.2, 0) is 10.8 Å². The van der Waals surface area contributed by atoms with Gasteiger partial charge in [0.15, 0.2) is 5.13 Å². The molecule has 1 aliphatic heterocycles. The van der Waals surface area contributed by atoms with Gasteiger partial charge in [-0.2, -0.15) is 0 Å². The molecule has 0 saturated carbocycles. The molecule has 144 valence electrons. The van der Waals surface area contributed by atoms with Gasteiger partial charge in [0.1, 0.15) is 0 Å². The Kier molecular flexibility index (Phi) is 5.90. The van der Waals surface area contributed by atoms with Crippen LogP contribution in [0.2, 0.25) is 5.02 Å². The molecule has 1 amide bonds. The molecule has 7 heteroatoms. The number of amides is 1. The number of nitrogens with zero attached hydrogens (tertiary/aromatic N) is 1. The summed E-state index contributed by atoms with van der Waals surface area (Å²) in [6.07, 6.45) is 1.89. The molecule has 2 aromatic carbocycles. The number of nitrogens with one attached hydrogen (secondary N) is 1. The zero-order valence-corrected chi connectivity index (χ0v) is 17.4. The van der Waals surface area contributed by atoms with Gasteiger partial charge in [-0.3, -0.25) is 14.3 Å². The minimum atomic E-state index is -0.661. The summed E-state index contributed by atoms with van der Waals surface area (Å²) in [6, 6.07) is 15.2. The van der Waals surface area contributed by atoms with Crippen LogP contribution in [0.25, 0.3) is 11.3 Å². The van der Waals surface area contributed by atoms with Gasteiger partial charge in [-0.1, -0.05) is 41.9 Å². The lowest BCUT2D eigenvalue weighted by molar-refractivity contribution is 0.102. The van der Waals surface area contributed by atoms with Gasteiger partial charge in [-0.15, -0.1) is 11.3 Å². The first-order chi connectivity index (χ1) is 13.6. The Bertz CT molecular complexity index is 1010. The number of hydrogen-bond acceptors (Lipinski definition) is 4. The lowest BCUT2D eigenvalue weighted by atomic mass is 9.93. The van der Waals surface area contributed by atoms with E-state index in [9.17, 15) is 9.00 Å². The summed E-state index contributed by atoms with van der Waals surface area (Å²) in [7, 11) is -0.661. The van der Waals surface area contributed by atoms with Crippen molar-refractivity contribution in [1.29, 1.82) is 0 Å². The maximum Gasteiger partial charge on any atom is 0.257 e. The van der Waals surface area contributed by atoms with Crippen LogP contribution in [-0.4, -0.2) is 26.6 Å². The fraction of sp³-hybridized carbons (Fsp3) is 0.238. The molecule has 1 aromatic heterocycles. The van der Waals surface area contributed by atoms with Crippen molar-refractivity contribution in [2.45, 2.75) is 18.8 Å². The van der Waals surface area contributed by atoms with Gasteiger partial charge in [0.2, 0.25) is 0 Å². The van der Waals surface area contributed by atoms with Crippen LogP contribution >= 0.6 is 22.9 Å². The minimum Gasteiger partial charge on any atom is -0.298 e. The smallest absolute Gasteiger partial charge is 0.257 e. The van der Waals surface area contributed by atoms with E-state index in [0.717, 1.165) is 35.6 Å². The molecular weight excluding hydrogens is 412 g/mol. The first-order valence-electron chi connectivity index (χ1n) is 9.07. The highest BCUT2D eigenvalue weighted by molar-refractivity contribution is 7.85. The van der Waals surface area contributed by atoms with Gasteiger partial charge in [-0.25, -0.2) is 4.98 Å². The van der Waals surface area contributed by atoms with Crippen molar-refractivity contribution in [3.63, 3.8) is 0 Å². The van der Waals surface area contributed by atoms with E-state index in [1.165, 1.54) is 16.9 Å². The SMILES string of the molecule is O=C(Nc1nc(-c2ccccc2Cl)cs1)c1ccc(C2CCS(=O)CC2)cc1. The van der Waals surface area contributed by atoms with Crippen LogP contribution < -0.4 is 5.32 Å². The van der Waals surface area contributed by atoms with E-state index in [0.29, 0.717) is 21.6 Å². The molecule has 0 bridgehead atoms. The highest BCUT2D eigenvalue weighted by atomic mass is 35.5. The normalized spacial score (nSPS) is 19.3. The quantitative estimate of drug-likeness (QED) is 0.607. The van der Waals surface area contributed by atoms with E-state index in [1.807, 2.05) is 53.9 Å². The predicted molar refractivity (Wildman–Crippen MR) is 117 cm³/mol. The van der Waals surface area contributed by atoms with Crippen LogP contribution in [0, 0.1) is 0 Å². The third-order valence-corrected chi connectivity index (χ3v) is 7.38. The number of carbonyl (C=O) groups excluding carboxylic acids is 1. The average Bonchev–Trinajstić information content (AvgIpc) is 3.17. The Morgan fingerprint density at radius 3 is 2.54 bits per heavy atom. The van der Waals surface area contributed by atoms with Crippen molar-refractivity contribution < 1.29 is 9.00 Å². The fourth-order valence-corrected chi connectivity index (χ4v) is 5.56. The number of benzene rings is 2. The minimum absolute atomic E-state index is 0.184. The molecule has 0 radical (unpaired) electrons. The topological polar surface area (TPSA) is 59.1 Å². The van der Waals surface area contributed by atoms with Gasteiger partial charge in [-0.05, 0) is 42.5 Å². The number of carbonyl (C=O) groups is 1. The molecular formula is C21H19ClN2O2S2. The van der Waals surface area contributed by atoms with Crippen LogP contribution in [0.4, 0.5) is 5.13 Å². The zero-order chi connectivity index (χ0) is 19.5. The first-order valence-corrected chi connectivity index (χ1v) is 11.8. The van der Waals surface area contributed by atoms with Crippen molar-refractivity contribution in [2.75, 3.05) is 16.8 Å². The molecule has 3 aromatic rings. The molecule has 28 heavy (non-hydrogen) atoms. The van der Waals surface area contributed by atoms with E-state index < -0.39 is 10.8 Å². The average molecular weight is 431 g/mol. The van der Waals surface area contributed by atoms with Crippen molar-refractivity contribution >= 4 is 44.8 Å². The summed E-state index contributed by atoms with van der Waals surface area (Å²) in [5, 5.41) is 5.91. The lowest BCUT2D eigenvalue weighted by Crippen LogP contribution is -2.17. The molecule has 0 atom stereocenters. The van der Waals surface area contributed by atoms with E-state index in [-0.39, 0.29) is 5.91 Å². The Labute approximate surface area is 175 Å². The number of thiazole rings is 1. The summed E-state index contributed by atoms with van der Waals surface area (Å²) in [4.78, 5) is 17.0. The molecule has 4 nitrogen and oxygen atoms in total. The first kappa shape index (κ1) is 19.3. The monoisotopic (exact) mass is 430 g/mol. The van der Waals surface area contributed by atoms with Crippen LogP contribution in [0.1, 0.15) is 34.7 Å². The molecule has 0 spiro atoms. The second kappa shape index (κ2) is 8.55. The maximum absolute atomic E-state index is 12.5. The van der Waals surface area contributed by atoms with E-state index in [2.05, 4.69) is 10.3 Å². The summed E-state index contributed by atoms with van der Waals surface area (Å²) in [6.45, 7) is 0.